The van der Waals surface area contributed by atoms with Gasteiger partial charge < -0.3 is 9.88 Å². The fraction of sp³-hybridized carbons (Fsp3) is 0.286. The summed E-state index contributed by atoms with van der Waals surface area (Å²) in [6.07, 6.45) is 0.608. The highest BCUT2D eigenvalue weighted by Crippen LogP contribution is 2.30. The molecule has 0 aliphatic heterocycles. The molecule has 0 fully saturated rings. The zero-order chi connectivity index (χ0) is 27.4. The smallest absolute Gasteiger partial charge is 0.332 e. The quantitative estimate of drug-likeness (QED) is 0.299. The Balaban J connectivity index is 1.19. The first kappa shape index (κ1) is 26.6. The maximum absolute atomic E-state index is 13.0. The van der Waals surface area contributed by atoms with E-state index in [2.05, 4.69) is 26.7 Å². The first-order valence-electron chi connectivity index (χ1n) is 12.5. The molecule has 0 saturated carbocycles. The van der Waals surface area contributed by atoms with Crippen LogP contribution in [0.1, 0.15) is 44.9 Å². The van der Waals surface area contributed by atoms with E-state index >= 15 is 0 Å². The van der Waals surface area contributed by atoms with E-state index in [-0.39, 0.29) is 18.5 Å². The summed E-state index contributed by atoms with van der Waals surface area (Å²) in [6.45, 7) is 0.427. The number of aryl methyl sites for hydroxylation is 1. The van der Waals surface area contributed by atoms with Gasteiger partial charge in [0.25, 0.3) is 5.91 Å². The van der Waals surface area contributed by atoms with Crippen LogP contribution in [-0.2, 0) is 19.4 Å². The molecule has 39 heavy (non-hydrogen) atoms. The predicted molar refractivity (Wildman–Crippen MR) is 142 cm³/mol. The minimum Gasteiger partial charge on any atom is -0.332 e. The summed E-state index contributed by atoms with van der Waals surface area (Å²) in [7, 11) is 0. The highest BCUT2D eigenvalue weighted by Gasteiger charge is 2.28. The first-order valence-corrected chi connectivity index (χ1v) is 13.3. The molecule has 2 aromatic heterocycles. The summed E-state index contributed by atoms with van der Waals surface area (Å²) < 4.78 is 39.2. The molecule has 1 aliphatic carbocycles. The zero-order valence-corrected chi connectivity index (χ0v) is 21.6. The Hall–Kier alpha value is -4.01. The number of benzene rings is 2. The van der Waals surface area contributed by atoms with Gasteiger partial charge in [0.2, 0.25) is 0 Å². The molecule has 2 heterocycles. The summed E-state index contributed by atoms with van der Waals surface area (Å²) in [5.74, 6) is -0.272. The van der Waals surface area contributed by atoms with Gasteiger partial charge in [0.15, 0.2) is 5.13 Å². The Morgan fingerprint density at radius 2 is 2.03 bits per heavy atom. The van der Waals surface area contributed by atoms with Gasteiger partial charge in [-0.15, -0.1) is 11.3 Å². The van der Waals surface area contributed by atoms with Crippen molar-refractivity contribution < 1.29 is 18.0 Å². The maximum atomic E-state index is 13.0. The van der Waals surface area contributed by atoms with Gasteiger partial charge in [0.1, 0.15) is 0 Å². The molecule has 4 aromatic rings. The molecule has 0 spiro atoms. The van der Waals surface area contributed by atoms with Crippen molar-refractivity contribution in [1.29, 1.82) is 5.26 Å². The number of rotatable bonds is 8. The average molecular weight is 551 g/mol. The molecule has 2 N–H and O–H groups in total. The summed E-state index contributed by atoms with van der Waals surface area (Å²) in [5, 5.41) is 15.3. The largest absolute Gasteiger partial charge is 0.390 e. The van der Waals surface area contributed by atoms with Crippen LogP contribution in [0.5, 0.6) is 0 Å². The second-order valence-corrected chi connectivity index (χ2v) is 10.5. The molecule has 0 bridgehead atoms. The summed E-state index contributed by atoms with van der Waals surface area (Å²) in [5.41, 5.74) is 4.62. The second-order valence-electron chi connectivity index (χ2n) is 9.42. The molecule has 5 rings (SSSR count). The Morgan fingerprint density at radius 3 is 2.79 bits per heavy atom. The van der Waals surface area contributed by atoms with Crippen LogP contribution in [0.2, 0.25) is 0 Å². The Morgan fingerprint density at radius 1 is 1.21 bits per heavy atom. The van der Waals surface area contributed by atoms with Crippen LogP contribution in [0.3, 0.4) is 0 Å². The van der Waals surface area contributed by atoms with Crippen molar-refractivity contribution in [1.82, 2.24) is 19.9 Å². The number of fused-ring (bicyclic) bond motifs is 1. The number of amides is 1. The number of nitriles is 1. The molecule has 1 atom stereocenters. The summed E-state index contributed by atoms with van der Waals surface area (Å²) in [6, 6.07) is 16.6. The van der Waals surface area contributed by atoms with E-state index in [1.165, 1.54) is 11.3 Å². The third kappa shape index (κ3) is 6.90. The van der Waals surface area contributed by atoms with Gasteiger partial charge in [-0.2, -0.15) is 18.4 Å². The lowest BCUT2D eigenvalue weighted by Crippen LogP contribution is -2.36. The van der Waals surface area contributed by atoms with E-state index < -0.39 is 12.6 Å². The molecule has 1 unspecified atom stereocenters. The van der Waals surface area contributed by atoms with Gasteiger partial charge in [-0.05, 0) is 49.1 Å². The van der Waals surface area contributed by atoms with Gasteiger partial charge in [-0.1, -0.05) is 24.3 Å². The van der Waals surface area contributed by atoms with Gasteiger partial charge in [-0.25, -0.2) is 9.97 Å². The third-order valence-corrected chi connectivity index (χ3v) is 7.53. The maximum Gasteiger partial charge on any atom is 0.390 e. The van der Waals surface area contributed by atoms with Crippen LogP contribution in [0.15, 0.2) is 61.1 Å². The minimum atomic E-state index is -4.17. The molecule has 0 saturated heterocycles. The lowest BCUT2D eigenvalue weighted by atomic mass is 9.97. The zero-order valence-electron chi connectivity index (χ0n) is 20.8. The number of imidazole rings is 1. The van der Waals surface area contributed by atoms with Crippen molar-refractivity contribution in [2.75, 3.05) is 11.9 Å². The van der Waals surface area contributed by atoms with E-state index in [9.17, 15) is 18.0 Å². The number of carbonyl (C=O) groups excluding carboxylic acids is 1. The van der Waals surface area contributed by atoms with E-state index in [1.54, 1.807) is 24.5 Å². The fourth-order valence-corrected chi connectivity index (χ4v) is 5.61. The molecule has 1 amide bonds. The Kier molecular flexibility index (Phi) is 7.77. The first-order chi connectivity index (χ1) is 18.8. The number of anilines is 1. The molecule has 1 aliphatic rings. The summed E-state index contributed by atoms with van der Waals surface area (Å²) >= 11 is 1.38. The summed E-state index contributed by atoms with van der Waals surface area (Å²) in [4.78, 5) is 23.0. The Bertz CT molecular complexity index is 1500. The van der Waals surface area contributed by atoms with Crippen LogP contribution in [0.4, 0.5) is 18.3 Å². The van der Waals surface area contributed by atoms with Crippen molar-refractivity contribution in [3.8, 4) is 17.3 Å². The second kappa shape index (κ2) is 11.4. The number of hydrogen-bond acceptors (Lipinski definition) is 6. The highest BCUT2D eigenvalue weighted by molar-refractivity contribution is 7.15. The van der Waals surface area contributed by atoms with Gasteiger partial charge in [-0.3, -0.25) is 10.1 Å². The Labute approximate surface area is 227 Å². The fourth-order valence-electron chi connectivity index (χ4n) is 4.52. The number of hydrogen-bond donors (Lipinski definition) is 2. The van der Waals surface area contributed by atoms with E-state index in [1.807, 2.05) is 41.1 Å². The van der Waals surface area contributed by atoms with Crippen LogP contribution < -0.4 is 10.6 Å². The molecule has 2 aromatic carbocycles. The van der Waals surface area contributed by atoms with Crippen molar-refractivity contribution in [2.45, 2.75) is 44.4 Å². The number of alkyl halides is 3. The molecule has 200 valence electrons. The lowest BCUT2D eigenvalue weighted by Gasteiger charge is -2.22. The van der Waals surface area contributed by atoms with Crippen molar-refractivity contribution in [3.63, 3.8) is 0 Å². The molecular weight excluding hydrogens is 525 g/mol. The van der Waals surface area contributed by atoms with E-state index in [0.29, 0.717) is 42.1 Å². The van der Waals surface area contributed by atoms with Crippen LogP contribution in [-0.4, -0.2) is 39.2 Å². The van der Waals surface area contributed by atoms with E-state index in [0.717, 1.165) is 27.4 Å². The predicted octanol–water partition coefficient (Wildman–Crippen LogP) is 5.58. The number of nitrogens with one attached hydrogen (secondary N) is 2. The monoisotopic (exact) mass is 550 g/mol. The molecule has 11 heteroatoms. The van der Waals surface area contributed by atoms with Crippen molar-refractivity contribution >= 4 is 22.4 Å². The van der Waals surface area contributed by atoms with Crippen LogP contribution in [0.25, 0.3) is 11.3 Å². The normalized spacial score (nSPS) is 15.0. The minimum absolute atomic E-state index is 0.0267. The molecule has 0 radical (unpaired) electrons. The van der Waals surface area contributed by atoms with Gasteiger partial charge in [0, 0.05) is 41.3 Å². The van der Waals surface area contributed by atoms with Crippen molar-refractivity contribution in [3.05, 3.63) is 88.3 Å². The average Bonchev–Trinajstić information content (AvgIpc) is 3.54. The van der Waals surface area contributed by atoms with Gasteiger partial charge >= 0.3 is 6.18 Å². The van der Waals surface area contributed by atoms with Crippen molar-refractivity contribution in [2.24, 2.45) is 0 Å². The number of thiazole rings is 1. The number of nitrogens with zero attached hydrogens (tertiary/aromatic N) is 4. The SMILES string of the molecule is N#Cc1ccc(-c2cn(Cc3cccc(C(=O)Nc4nc5c(s4)CC(NCCC(F)(F)F)CC5)c3)cn2)cc1. The van der Waals surface area contributed by atoms with Crippen LogP contribution in [0, 0.1) is 11.3 Å². The number of aromatic nitrogens is 3. The van der Waals surface area contributed by atoms with Crippen LogP contribution >= 0.6 is 11.3 Å². The van der Waals surface area contributed by atoms with Gasteiger partial charge in [0.05, 0.1) is 35.8 Å². The number of halogens is 3. The molecular formula is C28H25F3N6OS. The van der Waals surface area contributed by atoms with E-state index in [4.69, 9.17) is 5.26 Å². The lowest BCUT2D eigenvalue weighted by molar-refractivity contribution is -0.133. The highest BCUT2D eigenvalue weighted by atomic mass is 32.1. The standard InChI is InChI=1S/C28H25F3N6OS/c29-28(30,31)10-11-33-22-8-9-23-25(13-22)39-27(35-23)36-26(38)21-3-1-2-19(12-21)15-37-16-24(34-17-37)20-6-4-18(14-32)5-7-20/h1-7,12,16-17,22,33H,8-11,13,15H2,(H,35,36,38). The third-order valence-electron chi connectivity index (χ3n) is 6.50. The topological polar surface area (TPSA) is 95.6 Å². The number of carbonyl (C=O) groups is 1. The molecule has 7 nitrogen and oxygen atoms in total.